The number of benzene rings is 1. The Bertz CT molecular complexity index is 831. The van der Waals surface area contributed by atoms with E-state index in [9.17, 15) is 14.0 Å². The number of cyclic esters (lactones) is 1. The summed E-state index contributed by atoms with van der Waals surface area (Å²) in [6, 6.07) is 6.19. The van der Waals surface area contributed by atoms with Gasteiger partial charge in [0.1, 0.15) is 11.9 Å². The maximum absolute atomic E-state index is 13.2. The second-order valence-corrected chi connectivity index (χ2v) is 10.2. The lowest BCUT2D eigenvalue weighted by atomic mass is 9.75. The van der Waals surface area contributed by atoms with E-state index in [0.29, 0.717) is 25.9 Å². The third-order valence-corrected chi connectivity index (χ3v) is 7.69. The normalized spacial score (nSPS) is 24.4. The molecule has 0 bridgehead atoms. The van der Waals surface area contributed by atoms with Gasteiger partial charge in [-0.3, -0.25) is 14.5 Å². The number of carbonyl (C=O) groups is 2. The molecule has 1 amide bonds. The molecule has 7 nitrogen and oxygen atoms in total. The topological polar surface area (TPSA) is 79.1 Å². The van der Waals surface area contributed by atoms with Crippen molar-refractivity contribution < 1.29 is 18.7 Å². The van der Waals surface area contributed by atoms with Crippen molar-refractivity contribution in [2.45, 2.75) is 51.7 Å². The van der Waals surface area contributed by atoms with Gasteiger partial charge in [-0.1, -0.05) is 13.8 Å². The molecule has 2 N–H and O–H groups in total. The van der Waals surface area contributed by atoms with Crippen LogP contribution in [0.3, 0.4) is 0 Å². The van der Waals surface area contributed by atoms with Crippen molar-refractivity contribution in [1.29, 1.82) is 0 Å². The zero-order valence-electron chi connectivity index (χ0n) is 19.8. The number of hydrogen-bond acceptors (Lipinski definition) is 6. The summed E-state index contributed by atoms with van der Waals surface area (Å²) in [4.78, 5) is 31.8. The van der Waals surface area contributed by atoms with Gasteiger partial charge in [0.25, 0.3) is 0 Å². The number of nitrogens with zero attached hydrogens (tertiary/aromatic N) is 3. The van der Waals surface area contributed by atoms with Gasteiger partial charge in [-0.05, 0) is 49.4 Å². The highest BCUT2D eigenvalue weighted by Crippen LogP contribution is 2.44. The molecular weight excluding hydrogens is 423 g/mol. The summed E-state index contributed by atoms with van der Waals surface area (Å²) < 4.78 is 18.9. The molecule has 3 aliphatic rings. The van der Waals surface area contributed by atoms with Crippen molar-refractivity contribution in [1.82, 2.24) is 9.80 Å². The fourth-order valence-electron chi connectivity index (χ4n) is 5.27. The van der Waals surface area contributed by atoms with Crippen molar-refractivity contribution in [2.24, 2.45) is 17.1 Å². The zero-order chi connectivity index (χ0) is 23.6. The van der Waals surface area contributed by atoms with E-state index in [1.807, 2.05) is 30.9 Å². The lowest BCUT2D eigenvalue weighted by molar-refractivity contribution is -0.153. The highest BCUT2D eigenvalue weighted by molar-refractivity contribution is 5.83. The van der Waals surface area contributed by atoms with Crippen LogP contribution in [0.25, 0.3) is 0 Å². The monoisotopic (exact) mass is 460 g/mol. The minimum atomic E-state index is -0.481. The molecule has 182 valence electrons. The minimum absolute atomic E-state index is 0.0115. The number of amides is 1. The van der Waals surface area contributed by atoms with Gasteiger partial charge in [0.05, 0.1) is 11.5 Å². The van der Waals surface area contributed by atoms with Crippen LogP contribution in [0, 0.1) is 17.2 Å². The van der Waals surface area contributed by atoms with Gasteiger partial charge in [-0.15, -0.1) is 0 Å². The Labute approximate surface area is 196 Å². The number of hydrogen-bond donors (Lipinski definition) is 1. The number of piperazine rings is 1. The Morgan fingerprint density at radius 3 is 2.36 bits per heavy atom. The van der Waals surface area contributed by atoms with Crippen LogP contribution in [0.2, 0.25) is 0 Å². The number of nitrogens with two attached hydrogens (primary N) is 1. The first-order valence-corrected chi connectivity index (χ1v) is 12.3. The molecule has 0 unspecified atom stereocenters. The fraction of sp³-hybridized carbons (Fsp3) is 0.680. The molecule has 1 spiro atoms. The second-order valence-electron chi connectivity index (χ2n) is 10.2. The van der Waals surface area contributed by atoms with Crippen molar-refractivity contribution in [3.63, 3.8) is 0 Å². The van der Waals surface area contributed by atoms with Crippen molar-refractivity contribution in [3.05, 3.63) is 30.1 Å². The zero-order valence-corrected chi connectivity index (χ0v) is 19.8. The smallest absolute Gasteiger partial charge is 0.312 e. The van der Waals surface area contributed by atoms with Crippen LogP contribution in [-0.4, -0.2) is 79.6 Å². The Morgan fingerprint density at radius 2 is 1.76 bits per heavy atom. The van der Waals surface area contributed by atoms with Gasteiger partial charge < -0.3 is 20.3 Å². The van der Waals surface area contributed by atoms with Crippen LogP contribution in [0.4, 0.5) is 10.1 Å². The van der Waals surface area contributed by atoms with E-state index in [2.05, 4.69) is 9.80 Å². The second kappa shape index (κ2) is 9.97. The van der Waals surface area contributed by atoms with Gasteiger partial charge in [-0.25, -0.2) is 4.39 Å². The maximum Gasteiger partial charge on any atom is 0.312 e. The number of anilines is 1. The van der Waals surface area contributed by atoms with Crippen LogP contribution in [0.5, 0.6) is 0 Å². The van der Waals surface area contributed by atoms with E-state index in [0.717, 1.165) is 51.3 Å². The molecule has 1 aromatic carbocycles. The molecule has 0 radical (unpaired) electrons. The Balaban J connectivity index is 1.21. The summed E-state index contributed by atoms with van der Waals surface area (Å²) in [6.45, 7) is 9.65. The van der Waals surface area contributed by atoms with E-state index in [1.165, 1.54) is 12.1 Å². The van der Waals surface area contributed by atoms with Gasteiger partial charge in [0, 0.05) is 57.9 Å². The van der Waals surface area contributed by atoms with Crippen LogP contribution in [-0.2, 0) is 14.3 Å². The predicted molar refractivity (Wildman–Crippen MR) is 125 cm³/mol. The Hall–Kier alpha value is -2.19. The number of rotatable bonds is 6. The molecule has 0 aromatic heterocycles. The molecule has 2 atom stereocenters. The summed E-state index contributed by atoms with van der Waals surface area (Å²) in [6.07, 6.45) is 2.86. The Morgan fingerprint density at radius 1 is 1.12 bits per heavy atom. The van der Waals surface area contributed by atoms with Gasteiger partial charge in [0.15, 0.2) is 0 Å². The summed E-state index contributed by atoms with van der Waals surface area (Å²) in [5.41, 5.74) is 6.66. The summed E-state index contributed by atoms with van der Waals surface area (Å²) in [5, 5.41) is 0. The van der Waals surface area contributed by atoms with Crippen molar-refractivity contribution >= 4 is 17.6 Å². The number of carbonyl (C=O) groups excluding carboxylic acids is 2. The quantitative estimate of drug-likeness (QED) is 0.656. The summed E-state index contributed by atoms with van der Waals surface area (Å²) >= 11 is 0. The van der Waals surface area contributed by atoms with Gasteiger partial charge in [0.2, 0.25) is 5.91 Å². The average molecular weight is 461 g/mol. The van der Waals surface area contributed by atoms with Crippen molar-refractivity contribution in [3.8, 4) is 0 Å². The average Bonchev–Trinajstić information content (AvgIpc) is 3.12. The molecule has 3 aliphatic heterocycles. The van der Waals surface area contributed by atoms with E-state index < -0.39 is 11.5 Å². The lowest BCUT2D eigenvalue weighted by Crippen LogP contribution is -2.51. The van der Waals surface area contributed by atoms with E-state index >= 15 is 0 Å². The number of esters is 1. The molecule has 0 aliphatic carbocycles. The number of piperidine rings is 1. The predicted octanol–water partition coefficient (Wildman–Crippen LogP) is 2.25. The van der Waals surface area contributed by atoms with Gasteiger partial charge >= 0.3 is 5.97 Å². The van der Waals surface area contributed by atoms with Gasteiger partial charge in [-0.2, -0.15) is 0 Å². The third-order valence-electron chi connectivity index (χ3n) is 7.69. The lowest BCUT2D eigenvalue weighted by Gasteiger charge is -2.38. The van der Waals surface area contributed by atoms with Crippen LogP contribution >= 0.6 is 0 Å². The highest BCUT2D eigenvalue weighted by atomic mass is 19.1. The Kier molecular flexibility index (Phi) is 7.24. The minimum Gasteiger partial charge on any atom is -0.462 e. The first kappa shape index (κ1) is 24.0. The first-order chi connectivity index (χ1) is 15.8. The van der Waals surface area contributed by atoms with E-state index in [1.54, 1.807) is 0 Å². The fourth-order valence-corrected chi connectivity index (χ4v) is 5.27. The van der Waals surface area contributed by atoms with E-state index in [4.69, 9.17) is 10.5 Å². The number of ether oxygens (including phenoxy) is 1. The third kappa shape index (κ3) is 5.32. The molecule has 0 saturated carbocycles. The highest BCUT2D eigenvalue weighted by Gasteiger charge is 2.50. The van der Waals surface area contributed by atoms with Crippen molar-refractivity contribution in [2.75, 3.05) is 50.7 Å². The molecule has 3 fully saturated rings. The largest absolute Gasteiger partial charge is 0.462 e. The molecule has 4 rings (SSSR count). The molecule has 1 aromatic rings. The maximum atomic E-state index is 13.2. The molecule has 33 heavy (non-hydrogen) atoms. The standard InChI is InChI=1S/C25H37FN4O3/c1-18(2)22(27)23(31)30-11-8-25(9-12-30)17-21(33-24(25)32)7-10-28-13-15-29(16-14-28)20-5-3-19(26)4-6-20/h3-6,18,21-22H,7-17,27H2,1-2H3/t21-,22+/m0/s1. The SMILES string of the molecule is CC(C)[C@@H](N)C(=O)N1CCC2(CC1)C[C@H](CCN1CCN(c3ccc(F)cc3)CC1)OC2=O. The van der Waals surface area contributed by atoms with Crippen LogP contribution in [0.1, 0.15) is 39.5 Å². The number of likely N-dealkylation sites (tertiary alicyclic amines) is 1. The summed E-state index contributed by atoms with van der Waals surface area (Å²) in [5.74, 6) is -0.208. The molecule has 8 heteroatoms. The van der Waals surface area contributed by atoms with E-state index in [-0.39, 0.29) is 29.7 Å². The summed E-state index contributed by atoms with van der Waals surface area (Å²) in [7, 11) is 0. The molecule has 3 heterocycles. The van der Waals surface area contributed by atoms with Crippen LogP contribution < -0.4 is 10.6 Å². The van der Waals surface area contributed by atoms with Crippen LogP contribution in [0.15, 0.2) is 24.3 Å². The number of halogens is 1. The first-order valence-electron chi connectivity index (χ1n) is 12.3. The molecule has 3 saturated heterocycles. The molecular formula is C25H37FN4O3.